The number of rotatable bonds is 5. The molecular weight excluding hydrogens is 410 g/mol. The van der Waals surface area contributed by atoms with Gasteiger partial charge in [0.1, 0.15) is 17.5 Å². The number of aryl methyl sites for hydroxylation is 1. The predicted molar refractivity (Wildman–Crippen MR) is 128 cm³/mol. The van der Waals surface area contributed by atoms with Crippen LogP contribution in [0.5, 0.6) is 5.75 Å². The van der Waals surface area contributed by atoms with Crippen molar-refractivity contribution >= 4 is 0 Å². The number of nitrogens with zero attached hydrogens (tertiary/aromatic N) is 1. The number of methoxy groups -OCH3 is 1. The molecular formula is C29H35NO3. The average molecular weight is 446 g/mol. The maximum atomic E-state index is 7.06. The Bertz CT molecular complexity index is 1100. The van der Waals surface area contributed by atoms with Crippen molar-refractivity contribution in [2.45, 2.75) is 68.8 Å². The van der Waals surface area contributed by atoms with Gasteiger partial charge in [-0.3, -0.25) is 0 Å². The van der Waals surface area contributed by atoms with Crippen LogP contribution in [0.1, 0.15) is 47.9 Å². The fraction of sp³-hybridized carbons (Fsp3) is 0.586. The molecule has 3 saturated carbocycles. The lowest BCUT2D eigenvalue weighted by Gasteiger charge is -2.73. The summed E-state index contributed by atoms with van der Waals surface area (Å²) >= 11 is 0. The Morgan fingerprint density at radius 3 is 2.76 bits per heavy atom. The summed E-state index contributed by atoms with van der Waals surface area (Å²) in [6, 6.07) is 15.8. The van der Waals surface area contributed by atoms with Crippen molar-refractivity contribution in [3.8, 4) is 5.75 Å². The van der Waals surface area contributed by atoms with Crippen LogP contribution < -0.4 is 4.74 Å². The van der Waals surface area contributed by atoms with Crippen LogP contribution >= 0.6 is 0 Å². The largest absolute Gasteiger partial charge is 0.486 e. The number of benzene rings is 2. The predicted octanol–water partition coefficient (Wildman–Crippen LogP) is 4.66. The molecule has 174 valence electrons. The molecule has 0 amide bonds. The number of hydrogen-bond donors (Lipinski definition) is 0. The zero-order valence-electron chi connectivity index (χ0n) is 20.1. The maximum absolute atomic E-state index is 7.06. The lowest BCUT2D eigenvalue weighted by atomic mass is 9.35. The van der Waals surface area contributed by atoms with E-state index in [4.69, 9.17) is 14.2 Å². The number of ether oxygens (including phenoxy) is 3. The topological polar surface area (TPSA) is 30.9 Å². The Kier molecular flexibility index (Phi) is 4.25. The van der Waals surface area contributed by atoms with Crippen molar-refractivity contribution in [1.82, 2.24) is 4.90 Å². The molecule has 2 aliphatic heterocycles. The number of likely N-dealkylation sites (N-methyl/N-ethyl adjacent to an activating group) is 1. The fourth-order valence-corrected chi connectivity index (χ4v) is 9.07. The summed E-state index contributed by atoms with van der Waals surface area (Å²) < 4.78 is 20.0. The molecule has 4 bridgehead atoms. The van der Waals surface area contributed by atoms with Gasteiger partial charge in [-0.05, 0) is 69.3 Å². The second kappa shape index (κ2) is 6.84. The first kappa shape index (κ1) is 20.5. The van der Waals surface area contributed by atoms with Gasteiger partial charge in [0, 0.05) is 35.5 Å². The monoisotopic (exact) mass is 445 g/mol. The highest BCUT2D eigenvalue weighted by atomic mass is 16.6. The summed E-state index contributed by atoms with van der Waals surface area (Å²) in [4.78, 5) is 2.66. The maximum Gasteiger partial charge on any atom is 0.138 e. The van der Waals surface area contributed by atoms with Crippen LogP contribution in [0.3, 0.4) is 0 Å². The van der Waals surface area contributed by atoms with Crippen molar-refractivity contribution in [2.24, 2.45) is 11.3 Å². The summed E-state index contributed by atoms with van der Waals surface area (Å²) in [5.74, 6) is 1.53. The molecule has 6 atom stereocenters. The molecule has 4 nitrogen and oxygen atoms in total. The summed E-state index contributed by atoms with van der Waals surface area (Å²) in [5, 5.41) is 0. The highest BCUT2D eigenvalue weighted by Crippen LogP contribution is 2.76. The Hall–Kier alpha value is -1.88. The van der Waals surface area contributed by atoms with E-state index >= 15 is 0 Å². The summed E-state index contributed by atoms with van der Waals surface area (Å²) in [7, 11) is 4.28. The van der Waals surface area contributed by atoms with E-state index in [0.717, 1.165) is 26.0 Å². The van der Waals surface area contributed by atoms with E-state index in [9.17, 15) is 0 Å². The second-order valence-corrected chi connectivity index (χ2v) is 11.4. The van der Waals surface area contributed by atoms with Gasteiger partial charge in [-0.25, -0.2) is 0 Å². The molecule has 2 aromatic rings. The molecule has 2 heterocycles. The number of likely N-dealkylation sites (tertiary alicyclic amines) is 1. The standard InChI is InChI=1S/C29H35NO3/c1-19-9-10-21-15-23-27-11-12-29(31-3,22(16-27)18-32-17-20-7-5-4-6-8-20)26-28(27,13-14-30(23)2)24(21)25(19)33-26/h4-10,22-23,26H,11-18H2,1-3H3/t22-,23+,26+,27+,28-,29?/m0/s1. The lowest BCUT2D eigenvalue weighted by Crippen LogP contribution is -2.81. The summed E-state index contributed by atoms with van der Waals surface area (Å²) in [6.07, 6.45) is 5.90. The van der Waals surface area contributed by atoms with Crippen LogP contribution in [0, 0.1) is 18.3 Å². The summed E-state index contributed by atoms with van der Waals surface area (Å²) in [5.41, 5.74) is 5.66. The minimum Gasteiger partial charge on any atom is -0.486 e. The normalized spacial score (nSPS) is 39.9. The smallest absolute Gasteiger partial charge is 0.138 e. The van der Waals surface area contributed by atoms with Gasteiger partial charge in [0.05, 0.1) is 13.2 Å². The second-order valence-electron chi connectivity index (χ2n) is 11.4. The number of hydrogen-bond acceptors (Lipinski definition) is 4. The Balaban J connectivity index is 1.32. The molecule has 2 spiro atoms. The van der Waals surface area contributed by atoms with Gasteiger partial charge in [0.2, 0.25) is 0 Å². The molecule has 4 heteroatoms. The minimum atomic E-state index is -0.279. The zero-order chi connectivity index (χ0) is 22.4. The van der Waals surface area contributed by atoms with Gasteiger partial charge >= 0.3 is 0 Å². The van der Waals surface area contributed by atoms with Gasteiger partial charge in [-0.1, -0.05) is 42.5 Å². The average Bonchev–Trinajstić information content (AvgIpc) is 3.21. The first-order valence-corrected chi connectivity index (χ1v) is 12.7. The van der Waals surface area contributed by atoms with E-state index in [1.807, 2.05) is 7.11 Å². The van der Waals surface area contributed by atoms with Crippen LogP contribution in [-0.4, -0.2) is 50.0 Å². The Labute approximate surface area is 197 Å². The lowest BCUT2D eigenvalue weighted by molar-refractivity contribution is -0.282. The number of piperidine rings is 1. The zero-order valence-corrected chi connectivity index (χ0v) is 20.1. The molecule has 8 rings (SSSR count). The van der Waals surface area contributed by atoms with Crippen molar-refractivity contribution in [3.05, 3.63) is 64.7 Å². The van der Waals surface area contributed by atoms with Gasteiger partial charge in [0.15, 0.2) is 0 Å². The fourth-order valence-electron chi connectivity index (χ4n) is 9.07. The molecule has 0 radical (unpaired) electrons. The SMILES string of the molecule is COC12CC[C@@]3(C[C@H]1COCc1ccccc1)[C@H]1Cc4ccc(C)c5c4[C@@]3(CCN1C)[C@H]2O5. The van der Waals surface area contributed by atoms with Gasteiger partial charge in [-0.15, -0.1) is 0 Å². The molecule has 4 fully saturated rings. The third-order valence-corrected chi connectivity index (χ3v) is 10.4. The third kappa shape index (κ3) is 2.33. The van der Waals surface area contributed by atoms with Crippen LogP contribution in [0.2, 0.25) is 0 Å². The van der Waals surface area contributed by atoms with Crippen LogP contribution in [0.25, 0.3) is 0 Å². The minimum absolute atomic E-state index is 0.0866. The van der Waals surface area contributed by atoms with Gasteiger partial charge < -0.3 is 19.1 Å². The third-order valence-electron chi connectivity index (χ3n) is 10.4. The van der Waals surface area contributed by atoms with Crippen LogP contribution in [-0.2, 0) is 27.9 Å². The molecule has 6 aliphatic rings. The number of fused-ring (bicyclic) bond motifs is 2. The van der Waals surface area contributed by atoms with E-state index in [-0.39, 0.29) is 22.5 Å². The van der Waals surface area contributed by atoms with E-state index in [1.54, 1.807) is 5.56 Å². The highest BCUT2D eigenvalue weighted by Gasteiger charge is 2.80. The Morgan fingerprint density at radius 2 is 1.94 bits per heavy atom. The van der Waals surface area contributed by atoms with Crippen LogP contribution in [0.4, 0.5) is 0 Å². The first-order valence-electron chi connectivity index (χ1n) is 12.7. The molecule has 4 aliphatic carbocycles. The highest BCUT2D eigenvalue weighted by molar-refractivity contribution is 5.61. The molecule has 2 aromatic carbocycles. The van der Waals surface area contributed by atoms with E-state index in [1.165, 1.54) is 41.7 Å². The van der Waals surface area contributed by atoms with Crippen molar-refractivity contribution in [2.75, 3.05) is 27.3 Å². The van der Waals surface area contributed by atoms with E-state index in [2.05, 4.69) is 61.3 Å². The summed E-state index contributed by atoms with van der Waals surface area (Å²) in [6.45, 7) is 4.76. The molecule has 0 aromatic heterocycles. The van der Waals surface area contributed by atoms with Crippen molar-refractivity contribution in [3.63, 3.8) is 0 Å². The molecule has 1 unspecified atom stereocenters. The van der Waals surface area contributed by atoms with Gasteiger partial charge in [0.25, 0.3) is 0 Å². The van der Waals surface area contributed by atoms with Crippen molar-refractivity contribution in [1.29, 1.82) is 0 Å². The molecule has 0 N–H and O–H groups in total. The molecule has 33 heavy (non-hydrogen) atoms. The Morgan fingerprint density at radius 1 is 1.09 bits per heavy atom. The first-order chi connectivity index (χ1) is 16.1. The van der Waals surface area contributed by atoms with E-state index < -0.39 is 0 Å². The molecule has 1 saturated heterocycles. The van der Waals surface area contributed by atoms with Crippen LogP contribution in [0.15, 0.2) is 42.5 Å². The van der Waals surface area contributed by atoms with Gasteiger partial charge in [-0.2, -0.15) is 0 Å². The van der Waals surface area contributed by atoms with E-state index in [0.29, 0.717) is 18.6 Å². The van der Waals surface area contributed by atoms with Crippen molar-refractivity contribution < 1.29 is 14.2 Å². The quantitative estimate of drug-likeness (QED) is 0.670.